The molecule has 0 bridgehead atoms. The number of carbonyl (C=O) groups is 1. The Labute approximate surface area is 183 Å². The van der Waals surface area contributed by atoms with Crippen LogP contribution in [-0.2, 0) is 10.0 Å². The highest BCUT2D eigenvalue weighted by Crippen LogP contribution is 2.31. The minimum atomic E-state index is -3.75. The standard InChI is InChI=1S/C25H25NO4S/c1-18(2)26(31(29,30)23-7-5-4-6-8-23)24-16-9-19(3)17-22(24)15-12-20-10-13-21(14-11-20)25(27)28/h4-18H,1-3H3,(H,27,28)/b15-12-. The molecule has 5 nitrogen and oxygen atoms in total. The van der Waals surface area contributed by atoms with Gasteiger partial charge in [-0.2, -0.15) is 0 Å². The van der Waals surface area contributed by atoms with Gasteiger partial charge in [-0.1, -0.05) is 54.1 Å². The SMILES string of the molecule is Cc1ccc(N(C(C)C)S(=O)(=O)c2ccccc2)c(/C=C\c2ccc(C(=O)O)cc2)c1. The van der Waals surface area contributed by atoms with Crippen LogP contribution in [0.1, 0.15) is 40.9 Å². The van der Waals surface area contributed by atoms with Gasteiger partial charge in [0.25, 0.3) is 10.0 Å². The molecule has 0 spiro atoms. The third kappa shape index (κ3) is 5.03. The highest BCUT2D eigenvalue weighted by atomic mass is 32.2. The number of hydrogen-bond acceptors (Lipinski definition) is 3. The first-order valence-electron chi connectivity index (χ1n) is 9.92. The van der Waals surface area contributed by atoms with Crippen LogP contribution in [0.2, 0.25) is 0 Å². The van der Waals surface area contributed by atoms with E-state index in [1.54, 1.807) is 54.6 Å². The number of benzene rings is 3. The summed E-state index contributed by atoms with van der Waals surface area (Å²) in [5.74, 6) is -0.977. The predicted molar refractivity (Wildman–Crippen MR) is 125 cm³/mol. The van der Waals surface area contributed by atoms with Gasteiger partial charge in [-0.05, 0) is 68.3 Å². The average Bonchev–Trinajstić information content (AvgIpc) is 2.74. The van der Waals surface area contributed by atoms with Crippen molar-refractivity contribution in [3.8, 4) is 0 Å². The van der Waals surface area contributed by atoms with Crippen molar-refractivity contribution in [1.82, 2.24) is 0 Å². The van der Waals surface area contributed by atoms with Gasteiger partial charge < -0.3 is 5.11 Å². The number of aromatic carboxylic acids is 1. The van der Waals surface area contributed by atoms with Gasteiger partial charge in [-0.25, -0.2) is 13.2 Å². The van der Waals surface area contributed by atoms with Crippen LogP contribution in [0, 0.1) is 6.92 Å². The van der Waals surface area contributed by atoms with E-state index in [0.717, 1.165) is 16.7 Å². The highest BCUT2D eigenvalue weighted by Gasteiger charge is 2.28. The zero-order valence-electron chi connectivity index (χ0n) is 17.7. The molecule has 0 heterocycles. The molecule has 160 valence electrons. The summed E-state index contributed by atoms with van der Waals surface area (Å²) in [5.41, 5.74) is 3.39. The first kappa shape index (κ1) is 22.3. The zero-order chi connectivity index (χ0) is 22.6. The Balaban J connectivity index is 2.05. The fraction of sp³-hybridized carbons (Fsp3) is 0.160. The molecule has 3 aromatic rings. The van der Waals surface area contributed by atoms with Gasteiger partial charge in [-0.3, -0.25) is 4.31 Å². The number of nitrogens with zero attached hydrogens (tertiary/aromatic N) is 1. The molecule has 3 aromatic carbocycles. The van der Waals surface area contributed by atoms with E-state index in [1.807, 2.05) is 51.1 Å². The molecule has 0 aliphatic rings. The molecule has 0 fully saturated rings. The summed E-state index contributed by atoms with van der Waals surface area (Å²) >= 11 is 0. The second-order valence-electron chi connectivity index (χ2n) is 7.53. The second kappa shape index (κ2) is 9.18. The van der Waals surface area contributed by atoms with Crippen molar-refractivity contribution in [3.63, 3.8) is 0 Å². The van der Waals surface area contributed by atoms with E-state index in [1.165, 1.54) is 4.31 Å². The number of aryl methyl sites for hydroxylation is 1. The molecular weight excluding hydrogens is 410 g/mol. The Morgan fingerprint density at radius 1 is 0.935 bits per heavy atom. The van der Waals surface area contributed by atoms with Crippen LogP contribution >= 0.6 is 0 Å². The molecule has 0 radical (unpaired) electrons. The summed E-state index contributed by atoms with van der Waals surface area (Å²) in [6, 6.07) is 20.3. The Kier molecular flexibility index (Phi) is 6.61. The molecule has 6 heteroatoms. The van der Waals surface area contributed by atoms with Crippen LogP contribution in [0.5, 0.6) is 0 Å². The lowest BCUT2D eigenvalue weighted by atomic mass is 10.1. The fourth-order valence-electron chi connectivity index (χ4n) is 3.32. The molecule has 0 unspecified atom stereocenters. The maximum absolute atomic E-state index is 13.4. The van der Waals surface area contributed by atoms with Crippen molar-refractivity contribution in [3.05, 3.63) is 95.1 Å². The van der Waals surface area contributed by atoms with E-state index in [-0.39, 0.29) is 16.5 Å². The Hall–Kier alpha value is -3.38. The lowest BCUT2D eigenvalue weighted by Crippen LogP contribution is -2.37. The average molecular weight is 436 g/mol. The van der Waals surface area contributed by atoms with Crippen molar-refractivity contribution < 1.29 is 18.3 Å². The summed E-state index contributed by atoms with van der Waals surface area (Å²) in [6.45, 7) is 5.64. The number of sulfonamides is 1. The zero-order valence-corrected chi connectivity index (χ0v) is 18.5. The minimum Gasteiger partial charge on any atom is -0.478 e. The van der Waals surface area contributed by atoms with Crippen molar-refractivity contribution in [1.29, 1.82) is 0 Å². The molecule has 0 aliphatic heterocycles. The number of rotatable bonds is 7. The molecule has 0 atom stereocenters. The topological polar surface area (TPSA) is 74.7 Å². The second-order valence-corrected chi connectivity index (χ2v) is 9.35. The van der Waals surface area contributed by atoms with Crippen LogP contribution < -0.4 is 4.31 Å². The van der Waals surface area contributed by atoms with Crippen molar-refractivity contribution in [2.24, 2.45) is 0 Å². The van der Waals surface area contributed by atoms with E-state index in [4.69, 9.17) is 5.11 Å². The van der Waals surface area contributed by atoms with Gasteiger partial charge in [0.05, 0.1) is 16.1 Å². The lowest BCUT2D eigenvalue weighted by molar-refractivity contribution is 0.0697. The van der Waals surface area contributed by atoms with Crippen molar-refractivity contribution in [2.75, 3.05) is 4.31 Å². The molecule has 1 N–H and O–H groups in total. The third-order valence-electron chi connectivity index (χ3n) is 4.80. The maximum atomic E-state index is 13.4. The van der Waals surface area contributed by atoms with Crippen LogP contribution in [-0.4, -0.2) is 25.5 Å². The van der Waals surface area contributed by atoms with Gasteiger partial charge >= 0.3 is 5.97 Å². The van der Waals surface area contributed by atoms with Gasteiger partial charge in [0.1, 0.15) is 0 Å². The molecule has 0 aromatic heterocycles. The van der Waals surface area contributed by atoms with Crippen LogP contribution in [0.4, 0.5) is 5.69 Å². The fourth-order valence-corrected chi connectivity index (χ4v) is 5.03. The van der Waals surface area contributed by atoms with Crippen molar-refractivity contribution in [2.45, 2.75) is 31.7 Å². The maximum Gasteiger partial charge on any atom is 0.335 e. The molecule has 3 rings (SSSR count). The van der Waals surface area contributed by atoms with E-state index < -0.39 is 16.0 Å². The number of carboxylic acid groups (broad SMARTS) is 1. The number of carboxylic acids is 1. The lowest BCUT2D eigenvalue weighted by Gasteiger charge is -2.30. The summed E-state index contributed by atoms with van der Waals surface area (Å²) in [4.78, 5) is 11.3. The van der Waals surface area contributed by atoms with Gasteiger partial charge in [0, 0.05) is 6.04 Å². The van der Waals surface area contributed by atoms with Gasteiger partial charge in [0.15, 0.2) is 0 Å². The smallest absolute Gasteiger partial charge is 0.335 e. The van der Waals surface area contributed by atoms with E-state index in [2.05, 4.69) is 0 Å². The van der Waals surface area contributed by atoms with Gasteiger partial charge in [-0.15, -0.1) is 0 Å². The third-order valence-corrected chi connectivity index (χ3v) is 6.81. The largest absolute Gasteiger partial charge is 0.478 e. The molecule has 0 aliphatic carbocycles. The summed E-state index contributed by atoms with van der Waals surface area (Å²) in [5, 5.41) is 9.05. The minimum absolute atomic E-state index is 0.216. The highest BCUT2D eigenvalue weighted by molar-refractivity contribution is 7.92. The van der Waals surface area contributed by atoms with Crippen molar-refractivity contribution >= 4 is 33.8 Å². The van der Waals surface area contributed by atoms with Crippen LogP contribution in [0.25, 0.3) is 12.2 Å². The first-order chi connectivity index (χ1) is 14.7. The number of hydrogen-bond donors (Lipinski definition) is 1. The molecule has 0 saturated heterocycles. The summed E-state index contributed by atoms with van der Waals surface area (Å²) in [7, 11) is -3.75. The number of anilines is 1. The first-order valence-corrected chi connectivity index (χ1v) is 11.4. The van der Waals surface area contributed by atoms with E-state index >= 15 is 0 Å². The molecular formula is C25H25NO4S. The normalized spacial score (nSPS) is 11.7. The molecule has 0 amide bonds. The predicted octanol–water partition coefficient (Wildman–Crippen LogP) is 5.47. The van der Waals surface area contributed by atoms with E-state index in [0.29, 0.717) is 5.69 Å². The summed E-state index contributed by atoms with van der Waals surface area (Å²) in [6.07, 6.45) is 3.70. The quantitative estimate of drug-likeness (QED) is 0.500. The molecule has 0 saturated carbocycles. The Morgan fingerprint density at radius 2 is 1.58 bits per heavy atom. The Morgan fingerprint density at radius 3 is 2.16 bits per heavy atom. The van der Waals surface area contributed by atoms with E-state index in [9.17, 15) is 13.2 Å². The van der Waals surface area contributed by atoms with Crippen LogP contribution in [0.15, 0.2) is 77.7 Å². The van der Waals surface area contributed by atoms with Gasteiger partial charge in [0.2, 0.25) is 0 Å². The molecule has 31 heavy (non-hydrogen) atoms. The Bertz CT molecular complexity index is 1200. The monoisotopic (exact) mass is 435 g/mol. The van der Waals surface area contributed by atoms with Crippen LogP contribution in [0.3, 0.4) is 0 Å². The summed E-state index contributed by atoms with van der Waals surface area (Å²) < 4.78 is 28.3.